The molecule has 0 fully saturated rings. The number of rotatable bonds is 7. The zero-order chi connectivity index (χ0) is 14.8. The lowest BCUT2D eigenvalue weighted by Crippen LogP contribution is -2.44. The number of hydrogen-bond acceptors (Lipinski definition) is 3. The quantitative estimate of drug-likeness (QED) is 0.277. The van der Waals surface area contributed by atoms with E-state index in [4.69, 9.17) is 0 Å². The summed E-state index contributed by atoms with van der Waals surface area (Å²) in [5.41, 5.74) is 0.155. The lowest BCUT2D eigenvalue weighted by Gasteiger charge is -2.21. The molecule has 0 spiro atoms. The van der Waals surface area contributed by atoms with Crippen LogP contribution in [0, 0.1) is 0 Å². The van der Waals surface area contributed by atoms with E-state index in [0.717, 1.165) is 38.6 Å². The maximum absolute atomic E-state index is 4.20. The Balaban J connectivity index is 0.00000400. The van der Waals surface area contributed by atoms with Crippen LogP contribution in [-0.2, 0) is 6.54 Å². The van der Waals surface area contributed by atoms with E-state index in [-0.39, 0.29) is 29.5 Å². The van der Waals surface area contributed by atoms with E-state index in [9.17, 15) is 0 Å². The molecule has 0 aromatic carbocycles. The Kier molecular flexibility index (Phi) is 10.4. The van der Waals surface area contributed by atoms with Gasteiger partial charge in [0.05, 0.1) is 0 Å². The first-order valence-electron chi connectivity index (χ1n) is 7.18. The molecule has 0 aliphatic carbocycles. The van der Waals surface area contributed by atoms with Crippen molar-refractivity contribution in [3.05, 3.63) is 18.5 Å². The molecule has 0 unspecified atom stereocenters. The summed E-state index contributed by atoms with van der Waals surface area (Å²) < 4.78 is 1.94. The minimum atomic E-state index is 0. The van der Waals surface area contributed by atoms with Crippen LogP contribution in [0.4, 0.5) is 0 Å². The van der Waals surface area contributed by atoms with E-state index in [1.165, 1.54) is 0 Å². The normalized spacial score (nSPS) is 11.9. The van der Waals surface area contributed by atoms with Crippen LogP contribution < -0.4 is 16.0 Å². The van der Waals surface area contributed by atoms with Crippen molar-refractivity contribution in [3.63, 3.8) is 0 Å². The van der Waals surface area contributed by atoms with Gasteiger partial charge in [-0.2, -0.15) is 5.10 Å². The van der Waals surface area contributed by atoms with E-state index in [1.54, 1.807) is 13.2 Å². The Labute approximate surface area is 145 Å². The molecule has 1 aromatic heterocycles. The van der Waals surface area contributed by atoms with Gasteiger partial charge in [-0.1, -0.05) is 0 Å². The van der Waals surface area contributed by atoms with E-state index in [2.05, 4.69) is 46.8 Å². The zero-order valence-electron chi connectivity index (χ0n) is 13.5. The Bertz CT molecular complexity index is 383. The molecule has 21 heavy (non-hydrogen) atoms. The van der Waals surface area contributed by atoms with Gasteiger partial charge in [0.15, 0.2) is 5.96 Å². The van der Waals surface area contributed by atoms with Crippen LogP contribution in [0.5, 0.6) is 0 Å². The third-order valence-corrected chi connectivity index (χ3v) is 2.71. The number of aliphatic imine (C=N–C) groups is 1. The highest BCUT2D eigenvalue weighted by atomic mass is 127. The molecule has 0 bridgehead atoms. The average molecular weight is 408 g/mol. The summed E-state index contributed by atoms with van der Waals surface area (Å²) in [4.78, 5) is 4.20. The predicted octanol–water partition coefficient (Wildman–Crippen LogP) is 1.44. The van der Waals surface area contributed by atoms with Gasteiger partial charge in [-0.3, -0.25) is 9.67 Å². The van der Waals surface area contributed by atoms with E-state index >= 15 is 0 Å². The first-order valence-corrected chi connectivity index (χ1v) is 7.18. The molecule has 0 saturated heterocycles. The molecule has 0 atom stereocenters. The molecule has 6 nitrogen and oxygen atoms in total. The second-order valence-corrected chi connectivity index (χ2v) is 5.73. The van der Waals surface area contributed by atoms with E-state index in [0.29, 0.717) is 0 Å². The molecule has 0 aliphatic heterocycles. The van der Waals surface area contributed by atoms with Gasteiger partial charge in [0.25, 0.3) is 0 Å². The number of hydrogen-bond donors (Lipinski definition) is 3. The maximum atomic E-state index is 4.20. The molecule has 0 aliphatic rings. The van der Waals surface area contributed by atoms with Crippen LogP contribution in [0.1, 0.15) is 27.2 Å². The number of halogens is 1. The largest absolute Gasteiger partial charge is 0.356 e. The summed E-state index contributed by atoms with van der Waals surface area (Å²) in [6, 6.07) is 1.94. The highest BCUT2D eigenvalue weighted by Crippen LogP contribution is 1.96. The molecule has 0 radical (unpaired) electrons. The van der Waals surface area contributed by atoms with Gasteiger partial charge < -0.3 is 16.0 Å². The highest BCUT2D eigenvalue weighted by Gasteiger charge is 2.07. The Morgan fingerprint density at radius 3 is 2.48 bits per heavy atom. The Morgan fingerprint density at radius 2 is 1.90 bits per heavy atom. The number of guanidine groups is 1. The highest BCUT2D eigenvalue weighted by molar-refractivity contribution is 14.0. The van der Waals surface area contributed by atoms with E-state index < -0.39 is 0 Å². The molecule has 1 heterocycles. The molecule has 7 heteroatoms. The van der Waals surface area contributed by atoms with Crippen molar-refractivity contribution < 1.29 is 0 Å². The van der Waals surface area contributed by atoms with Crippen molar-refractivity contribution in [1.29, 1.82) is 0 Å². The topological polar surface area (TPSA) is 66.3 Å². The van der Waals surface area contributed by atoms with Crippen LogP contribution in [0.2, 0.25) is 0 Å². The monoisotopic (exact) mass is 408 g/mol. The minimum Gasteiger partial charge on any atom is -0.356 e. The smallest absolute Gasteiger partial charge is 0.191 e. The summed E-state index contributed by atoms with van der Waals surface area (Å²) in [7, 11) is 1.79. The van der Waals surface area contributed by atoms with Gasteiger partial charge >= 0.3 is 0 Å². The third-order valence-electron chi connectivity index (χ3n) is 2.71. The van der Waals surface area contributed by atoms with Gasteiger partial charge in [0, 0.05) is 51.2 Å². The predicted molar refractivity (Wildman–Crippen MR) is 99.4 cm³/mol. The van der Waals surface area contributed by atoms with Crippen molar-refractivity contribution in [2.75, 3.05) is 26.7 Å². The summed E-state index contributed by atoms with van der Waals surface area (Å²) in [6.45, 7) is 10.1. The second kappa shape index (κ2) is 10.8. The molecular formula is C14H29IN6. The molecule has 1 rings (SSSR count). The fourth-order valence-corrected chi connectivity index (χ4v) is 1.72. The summed E-state index contributed by atoms with van der Waals surface area (Å²) in [6.07, 6.45) is 4.80. The van der Waals surface area contributed by atoms with Crippen molar-refractivity contribution in [3.8, 4) is 0 Å². The van der Waals surface area contributed by atoms with Gasteiger partial charge in [-0.15, -0.1) is 24.0 Å². The van der Waals surface area contributed by atoms with Crippen LogP contribution in [0.25, 0.3) is 0 Å². The summed E-state index contributed by atoms with van der Waals surface area (Å²) in [5.74, 6) is 0.848. The van der Waals surface area contributed by atoms with Crippen LogP contribution in [0.15, 0.2) is 23.5 Å². The molecule has 0 amide bonds. The van der Waals surface area contributed by atoms with Crippen molar-refractivity contribution in [2.24, 2.45) is 4.99 Å². The van der Waals surface area contributed by atoms with Crippen LogP contribution in [0.3, 0.4) is 0 Å². The molecular weight excluding hydrogens is 379 g/mol. The Morgan fingerprint density at radius 1 is 1.19 bits per heavy atom. The molecule has 122 valence electrons. The Hall–Kier alpha value is -0.830. The second-order valence-electron chi connectivity index (χ2n) is 5.73. The van der Waals surface area contributed by atoms with Crippen LogP contribution in [-0.4, -0.2) is 48.0 Å². The van der Waals surface area contributed by atoms with E-state index in [1.807, 2.05) is 16.9 Å². The summed E-state index contributed by atoms with van der Waals surface area (Å²) >= 11 is 0. The van der Waals surface area contributed by atoms with Gasteiger partial charge in [0.2, 0.25) is 0 Å². The number of aromatic nitrogens is 2. The van der Waals surface area contributed by atoms with Gasteiger partial charge in [0.1, 0.15) is 0 Å². The van der Waals surface area contributed by atoms with Crippen molar-refractivity contribution >= 4 is 29.9 Å². The first kappa shape index (κ1) is 20.2. The minimum absolute atomic E-state index is 0. The van der Waals surface area contributed by atoms with Crippen molar-refractivity contribution in [2.45, 2.75) is 39.3 Å². The average Bonchev–Trinajstić information content (AvgIpc) is 2.88. The molecule has 3 N–H and O–H groups in total. The molecule has 0 saturated carbocycles. The van der Waals surface area contributed by atoms with Gasteiger partial charge in [-0.25, -0.2) is 0 Å². The fraction of sp³-hybridized carbons (Fsp3) is 0.714. The van der Waals surface area contributed by atoms with Gasteiger partial charge in [-0.05, 0) is 33.3 Å². The maximum Gasteiger partial charge on any atom is 0.191 e. The lowest BCUT2D eigenvalue weighted by atomic mass is 10.1. The lowest BCUT2D eigenvalue weighted by molar-refractivity contribution is 0.428. The standard InChI is InChI=1S/C14H28N6.HI/c1-14(2,3)18-10-9-17-13(15-4)16-7-5-11-20-12-6-8-19-20;/h6,8,12,18H,5,7,9-11H2,1-4H3,(H2,15,16,17);1H. The number of nitrogens with one attached hydrogen (secondary N) is 3. The first-order chi connectivity index (χ1) is 9.51. The summed E-state index contributed by atoms with van der Waals surface area (Å²) in [5, 5.41) is 14.2. The third kappa shape index (κ3) is 10.5. The number of aryl methyl sites for hydroxylation is 1. The molecule has 1 aromatic rings. The zero-order valence-corrected chi connectivity index (χ0v) is 15.8. The fourth-order valence-electron chi connectivity index (χ4n) is 1.72. The van der Waals surface area contributed by atoms with Crippen LogP contribution >= 0.6 is 24.0 Å². The number of nitrogens with zero attached hydrogens (tertiary/aromatic N) is 3. The SMILES string of the molecule is CN=C(NCCCn1cccn1)NCCNC(C)(C)C.I. The van der Waals surface area contributed by atoms with Crippen molar-refractivity contribution in [1.82, 2.24) is 25.7 Å².